The topological polar surface area (TPSA) is 99.9 Å². The number of esters is 1. The predicted octanol–water partition coefficient (Wildman–Crippen LogP) is 3.22. The Hall–Kier alpha value is -3.20. The molecule has 0 saturated carbocycles. The highest BCUT2D eigenvalue weighted by Crippen LogP contribution is 2.34. The molecule has 0 saturated heterocycles. The van der Waals surface area contributed by atoms with Crippen LogP contribution in [0.5, 0.6) is 11.5 Å². The number of oxazole rings is 1. The second-order valence-corrected chi connectivity index (χ2v) is 6.85. The molecule has 0 spiro atoms. The summed E-state index contributed by atoms with van der Waals surface area (Å²) in [6.45, 7) is 1.66. The lowest BCUT2D eigenvalue weighted by molar-refractivity contribution is -0.150. The zero-order valence-corrected chi connectivity index (χ0v) is 15.7. The smallest absolute Gasteiger partial charge is 0.317 e. The van der Waals surface area contributed by atoms with Crippen molar-refractivity contribution in [2.75, 3.05) is 17.9 Å². The van der Waals surface area contributed by atoms with Gasteiger partial charge >= 0.3 is 5.97 Å². The van der Waals surface area contributed by atoms with E-state index in [4.69, 9.17) is 18.6 Å². The molecule has 2 aromatic carbocycles. The van der Waals surface area contributed by atoms with Gasteiger partial charge in [0.25, 0.3) is 11.1 Å². The van der Waals surface area contributed by atoms with E-state index < -0.39 is 18.0 Å². The number of hydrogen-bond acceptors (Lipinski definition) is 8. The van der Waals surface area contributed by atoms with Gasteiger partial charge in [0, 0.05) is 11.8 Å². The molecule has 1 aliphatic rings. The van der Waals surface area contributed by atoms with Crippen molar-refractivity contribution >= 4 is 40.4 Å². The summed E-state index contributed by atoms with van der Waals surface area (Å²) in [5.41, 5.74) is 1.89. The number of thioether (sulfide) groups is 1. The number of rotatable bonds is 6. The fourth-order valence-electron chi connectivity index (χ4n) is 2.54. The number of nitrogens with one attached hydrogen (secondary N) is 1. The Morgan fingerprint density at radius 3 is 2.89 bits per heavy atom. The summed E-state index contributed by atoms with van der Waals surface area (Å²) in [6, 6.07) is 12.4. The number of nitrogens with zero attached hydrogens (tertiary/aromatic N) is 1. The number of para-hydroxylation sites is 2. The van der Waals surface area contributed by atoms with Gasteiger partial charge in [0.1, 0.15) is 11.3 Å². The predicted molar refractivity (Wildman–Crippen MR) is 101 cm³/mol. The molecule has 8 nitrogen and oxygen atoms in total. The Morgan fingerprint density at radius 2 is 2.04 bits per heavy atom. The van der Waals surface area contributed by atoms with Crippen LogP contribution in [-0.4, -0.2) is 35.5 Å². The third-order valence-corrected chi connectivity index (χ3v) is 4.71. The van der Waals surface area contributed by atoms with Crippen LogP contribution >= 0.6 is 11.8 Å². The maximum atomic E-state index is 12.2. The number of ether oxygens (including phenoxy) is 3. The molecular weight excluding hydrogens is 384 g/mol. The fourth-order valence-corrected chi connectivity index (χ4v) is 3.16. The van der Waals surface area contributed by atoms with Gasteiger partial charge in [-0.15, -0.1) is 0 Å². The molecule has 0 fully saturated rings. The minimum absolute atomic E-state index is 0.0194. The molecule has 0 unspecified atom stereocenters. The molecule has 0 aliphatic carbocycles. The molecule has 1 atom stereocenters. The Balaban J connectivity index is 1.28. The van der Waals surface area contributed by atoms with E-state index in [0.29, 0.717) is 28.0 Å². The summed E-state index contributed by atoms with van der Waals surface area (Å²) >= 11 is 1.11. The van der Waals surface area contributed by atoms with E-state index in [1.807, 2.05) is 18.2 Å². The van der Waals surface area contributed by atoms with Crippen molar-refractivity contribution in [2.45, 2.75) is 18.3 Å². The average Bonchev–Trinajstić information content (AvgIpc) is 3.32. The number of anilines is 1. The van der Waals surface area contributed by atoms with Gasteiger partial charge in [-0.1, -0.05) is 23.9 Å². The maximum Gasteiger partial charge on any atom is 0.317 e. The number of aromatic nitrogens is 1. The van der Waals surface area contributed by atoms with Gasteiger partial charge < -0.3 is 23.9 Å². The summed E-state index contributed by atoms with van der Waals surface area (Å²) in [5.74, 6) is 0.166. The number of amides is 1. The van der Waals surface area contributed by atoms with Crippen molar-refractivity contribution in [3.8, 4) is 11.5 Å². The molecule has 2 heterocycles. The number of carbonyl (C=O) groups is 2. The van der Waals surface area contributed by atoms with Crippen LogP contribution in [0, 0.1) is 0 Å². The summed E-state index contributed by atoms with van der Waals surface area (Å²) in [7, 11) is 0. The van der Waals surface area contributed by atoms with Crippen LogP contribution in [0.1, 0.15) is 6.92 Å². The molecule has 1 amide bonds. The first kappa shape index (κ1) is 18.2. The molecule has 1 N–H and O–H groups in total. The van der Waals surface area contributed by atoms with Crippen molar-refractivity contribution in [2.24, 2.45) is 0 Å². The van der Waals surface area contributed by atoms with Gasteiger partial charge in [0.2, 0.25) is 6.79 Å². The highest BCUT2D eigenvalue weighted by Gasteiger charge is 2.20. The van der Waals surface area contributed by atoms with Crippen molar-refractivity contribution in [1.29, 1.82) is 0 Å². The highest BCUT2D eigenvalue weighted by atomic mass is 32.2. The standard InChI is InChI=1S/C19H16N2O6S/c1-11(18(23)20-12-6-7-15-16(8-12)25-10-24-15)26-17(22)9-28-19-21-13-4-2-3-5-14(13)27-19/h2-8,11H,9-10H2,1H3,(H,20,23)/t11-/m1/s1. The summed E-state index contributed by atoms with van der Waals surface area (Å²) < 4.78 is 21.2. The first-order valence-corrected chi connectivity index (χ1v) is 9.45. The largest absolute Gasteiger partial charge is 0.454 e. The maximum absolute atomic E-state index is 12.2. The summed E-state index contributed by atoms with van der Waals surface area (Å²) in [4.78, 5) is 28.5. The highest BCUT2D eigenvalue weighted by molar-refractivity contribution is 7.99. The third kappa shape index (κ3) is 4.04. The average molecular weight is 400 g/mol. The van der Waals surface area contributed by atoms with Crippen LogP contribution in [0.25, 0.3) is 11.1 Å². The van der Waals surface area contributed by atoms with Crippen LogP contribution in [0.15, 0.2) is 52.1 Å². The molecule has 3 aromatic rings. The van der Waals surface area contributed by atoms with Crippen molar-refractivity contribution in [3.63, 3.8) is 0 Å². The van der Waals surface area contributed by atoms with Gasteiger partial charge in [0.15, 0.2) is 23.2 Å². The van der Waals surface area contributed by atoms with Crippen LogP contribution in [0.4, 0.5) is 5.69 Å². The fraction of sp³-hybridized carbons (Fsp3) is 0.211. The van der Waals surface area contributed by atoms with Gasteiger partial charge in [-0.05, 0) is 31.2 Å². The molecule has 0 radical (unpaired) electrons. The lowest BCUT2D eigenvalue weighted by Gasteiger charge is -2.13. The molecule has 28 heavy (non-hydrogen) atoms. The zero-order valence-electron chi connectivity index (χ0n) is 14.8. The van der Waals surface area contributed by atoms with Gasteiger partial charge in [0.05, 0.1) is 0 Å². The third-order valence-electron chi connectivity index (χ3n) is 3.91. The molecule has 1 aliphatic heterocycles. The van der Waals surface area contributed by atoms with E-state index >= 15 is 0 Å². The number of benzene rings is 2. The monoisotopic (exact) mass is 400 g/mol. The molecule has 144 valence electrons. The minimum atomic E-state index is -0.956. The lowest BCUT2D eigenvalue weighted by atomic mass is 10.2. The van der Waals surface area contributed by atoms with Crippen molar-refractivity contribution in [1.82, 2.24) is 4.98 Å². The summed E-state index contributed by atoms with van der Waals surface area (Å²) in [5, 5.41) is 3.05. The molecule has 4 rings (SSSR count). The van der Waals surface area contributed by atoms with Crippen LogP contribution in [-0.2, 0) is 14.3 Å². The van der Waals surface area contributed by atoms with E-state index in [-0.39, 0.29) is 12.5 Å². The second kappa shape index (κ2) is 7.81. The number of fused-ring (bicyclic) bond motifs is 2. The van der Waals surface area contributed by atoms with E-state index in [1.165, 1.54) is 6.92 Å². The quantitative estimate of drug-likeness (QED) is 0.497. The van der Waals surface area contributed by atoms with E-state index in [1.54, 1.807) is 24.3 Å². The molecular formula is C19H16N2O6S. The van der Waals surface area contributed by atoms with Gasteiger partial charge in [-0.2, -0.15) is 0 Å². The Kier molecular flexibility index (Phi) is 5.07. The van der Waals surface area contributed by atoms with E-state index in [0.717, 1.165) is 17.3 Å². The van der Waals surface area contributed by atoms with Gasteiger partial charge in [-0.3, -0.25) is 9.59 Å². The summed E-state index contributed by atoms with van der Waals surface area (Å²) in [6.07, 6.45) is -0.956. The van der Waals surface area contributed by atoms with Crippen LogP contribution < -0.4 is 14.8 Å². The van der Waals surface area contributed by atoms with Gasteiger partial charge in [-0.25, -0.2) is 4.98 Å². The lowest BCUT2D eigenvalue weighted by Crippen LogP contribution is -2.30. The zero-order chi connectivity index (χ0) is 19.5. The van der Waals surface area contributed by atoms with Crippen LogP contribution in [0.2, 0.25) is 0 Å². The van der Waals surface area contributed by atoms with E-state index in [9.17, 15) is 9.59 Å². The first-order valence-electron chi connectivity index (χ1n) is 8.47. The first-order chi connectivity index (χ1) is 13.6. The van der Waals surface area contributed by atoms with Crippen molar-refractivity contribution in [3.05, 3.63) is 42.5 Å². The Morgan fingerprint density at radius 1 is 1.21 bits per heavy atom. The molecule has 0 bridgehead atoms. The van der Waals surface area contributed by atoms with Crippen LogP contribution in [0.3, 0.4) is 0 Å². The molecule has 9 heteroatoms. The van der Waals surface area contributed by atoms with E-state index in [2.05, 4.69) is 10.3 Å². The second-order valence-electron chi connectivity index (χ2n) is 5.93. The number of hydrogen-bond donors (Lipinski definition) is 1. The minimum Gasteiger partial charge on any atom is -0.454 e. The Labute approximate surface area is 164 Å². The SMILES string of the molecule is C[C@@H](OC(=O)CSc1nc2ccccc2o1)C(=O)Nc1ccc2c(c1)OCO2. The number of carbonyl (C=O) groups excluding carboxylic acids is 2. The normalized spacial score (nSPS) is 13.3. The Bertz CT molecular complexity index is 1000. The molecule has 1 aromatic heterocycles. The van der Waals surface area contributed by atoms with Crippen molar-refractivity contribution < 1.29 is 28.2 Å².